The lowest BCUT2D eigenvalue weighted by Crippen LogP contribution is -2.50. The Morgan fingerprint density at radius 2 is 1.91 bits per heavy atom. The largest absolute Gasteiger partial charge is 0.508 e. The number of hydrogen-bond donors (Lipinski definition) is 2. The molecule has 122 valence electrons. The molecule has 3 heteroatoms. The van der Waals surface area contributed by atoms with Crippen molar-refractivity contribution in [3.63, 3.8) is 0 Å². The summed E-state index contributed by atoms with van der Waals surface area (Å²) in [7, 11) is 1.98. The number of ether oxygens (including phenoxy) is 1. The fraction of sp³-hybridized carbons (Fsp3) is 0.400. The first-order chi connectivity index (χ1) is 11.2. The maximum absolute atomic E-state index is 9.66. The van der Waals surface area contributed by atoms with Crippen LogP contribution in [0.4, 0.5) is 0 Å². The van der Waals surface area contributed by atoms with Crippen molar-refractivity contribution in [2.45, 2.75) is 37.8 Å². The van der Waals surface area contributed by atoms with Gasteiger partial charge in [0.15, 0.2) is 5.72 Å². The van der Waals surface area contributed by atoms with E-state index in [0.717, 1.165) is 25.0 Å². The molecule has 0 bridgehead atoms. The predicted molar refractivity (Wildman–Crippen MR) is 92.6 cm³/mol. The van der Waals surface area contributed by atoms with E-state index in [9.17, 15) is 5.11 Å². The number of aromatic hydroxyl groups is 1. The summed E-state index contributed by atoms with van der Waals surface area (Å²) >= 11 is 0. The third kappa shape index (κ3) is 4.05. The highest BCUT2D eigenvalue weighted by Gasteiger charge is 2.46. The van der Waals surface area contributed by atoms with Gasteiger partial charge in [-0.15, -0.1) is 0 Å². The highest BCUT2D eigenvalue weighted by molar-refractivity contribution is 5.32. The van der Waals surface area contributed by atoms with Crippen molar-refractivity contribution in [3.05, 3.63) is 60.2 Å². The number of phenolic OH excluding ortho intramolecular Hbond substituents is 1. The third-order valence-corrected chi connectivity index (χ3v) is 4.63. The smallest absolute Gasteiger partial charge is 0.163 e. The zero-order chi connectivity index (χ0) is 16.1. The van der Waals surface area contributed by atoms with Gasteiger partial charge in [0.05, 0.1) is 0 Å². The van der Waals surface area contributed by atoms with Crippen LogP contribution in [0.25, 0.3) is 0 Å². The Hall–Kier alpha value is -2.00. The minimum absolute atomic E-state index is 0.243. The topological polar surface area (TPSA) is 41.5 Å². The van der Waals surface area contributed by atoms with Gasteiger partial charge in [0.2, 0.25) is 0 Å². The van der Waals surface area contributed by atoms with Gasteiger partial charge in [-0.1, -0.05) is 36.4 Å². The average molecular weight is 311 g/mol. The van der Waals surface area contributed by atoms with Crippen LogP contribution in [0.15, 0.2) is 54.6 Å². The van der Waals surface area contributed by atoms with Crippen LogP contribution in [0.3, 0.4) is 0 Å². The second-order valence-corrected chi connectivity index (χ2v) is 6.35. The number of aryl methyl sites for hydroxylation is 1. The summed E-state index contributed by atoms with van der Waals surface area (Å²) in [5.74, 6) is 1.52. The molecule has 2 N–H and O–H groups in total. The molecule has 2 aromatic rings. The molecule has 3 rings (SSSR count). The Labute approximate surface area is 138 Å². The fourth-order valence-corrected chi connectivity index (χ4v) is 3.23. The molecule has 1 atom stereocenters. The minimum Gasteiger partial charge on any atom is -0.508 e. The zero-order valence-corrected chi connectivity index (χ0v) is 13.7. The van der Waals surface area contributed by atoms with Gasteiger partial charge in [0.1, 0.15) is 11.5 Å². The molecule has 0 aromatic heterocycles. The standard InChI is InChI=1S/C20H25NO2/c1-21-20(17-12-13-17,23-19-11-5-10-18(22)15-19)14-6-9-16-7-3-2-4-8-16/h2-5,7-8,10-11,15,17,21-22H,6,9,12-14H2,1H3. The van der Waals surface area contributed by atoms with Gasteiger partial charge in [-0.3, -0.25) is 5.32 Å². The van der Waals surface area contributed by atoms with Crippen molar-refractivity contribution in [1.82, 2.24) is 5.32 Å². The number of hydrogen-bond acceptors (Lipinski definition) is 3. The van der Waals surface area contributed by atoms with Crippen LogP contribution in [-0.2, 0) is 6.42 Å². The van der Waals surface area contributed by atoms with Crippen LogP contribution in [0.1, 0.15) is 31.2 Å². The summed E-state index contributed by atoms with van der Waals surface area (Å²) in [6.45, 7) is 0. The minimum atomic E-state index is -0.331. The summed E-state index contributed by atoms with van der Waals surface area (Å²) in [5.41, 5.74) is 1.04. The lowest BCUT2D eigenvalue weighted by atomic mass is 9.98. The number of nitrogens with one attached hydrogen (secondary N) is 1. The second-order valence-electron chi connectivity index (χ2n) is 6.35. The van der Waals surface area contributed by atoms with Crippen molar-refractivity contribution < 1.29 is 9.84 Å². The second kappa shape index (κ2) is 7.05. The molecular weight excluding hydrogens is 286 g/mol. The third-order valence-electron chi connectivity index (χ3n) is 4.63. The maximum atomic E-state index is 9.66. The first kappa shape index (κ1) is 15.9. The number of phenols is 1. The summed E-state index contributed by atoms with van der Waals surface area (Å²) in [5, 5.41) is 13.1. The maximum Gasteiger partial charge on any atom is 0.163 e. The van der Waals surface area contributed by atoms with Gasteiger partial charge < -0.3 is 9.84 Å². The Morgan fingerprint density at radius 3 is 2.57 bits per heavy atom. The molecule has 1 fully saturated rings. The van der Waals surface area contributed by atoms with E-state index in [1.165, 1.54) is 18.4 Å². The lowest BCUT2D eigenvalue weighted by Gasteiger charge is -2.35. The van der Waals surface area contributed by atoms with E-state index in [-0.39, 0.29) is 11.5 Å². The summed E-state index contributed by atoms with van der Waals surface area (Å²) in [4.78, 5) is 0. The van der Waals surface area contributed by atoms with E-state index in [2.05, 4.69) is 35.6 Å². The van der Waals surface area contributed by atoms with Crippen LogP contribution in [0, 0.1) is 5.92 Å². The molecule has 0 heterocycles. The Balaban J connectivity index is 1.67. The van der Waals surface area contributed by atoms with Crippen molar-refractivity contribution in [2.24, 2.45) is 5.92 Å². The molecule has 0 aliphatic heterocycles. The van der Waals surface area contributed by atoms with Crippen LogP contribution in [-0.4, -0.2) is 17.9 Å². The normalized spacial score (nSPS) is 16.7. The van der Waals surface area contributed by atoms with Crippen LogP contribution in [0.5, 0.6) is 11.5 Å². The molecule has 1 aliphatic rings. The van der Waals surface area contributed by atoms with E-state index >= 15 is 0 Å². The number of rotatable bonds is 8. The molecular formula is C20H25NO2. The van der Waals surface area contributed by atoms with E-state index in [4.69, 9.17) is 4.74 Å². The predicted octanol–water partition coefficient (Wildman–Crippen LogP) is 4.12. The van der Waals surface area contributed by atoms with Crippen LogP contribution in [0.2, 0.25) is 0 Å². The van der Waals surface area contributed by atoms with E-state index in [1.54, 1.807) is 12.1 Å². The zero-order valence-electron chi connectivity index (χ0n) is 13.7. The van der Waals surface area contributed by atoms with Gasteiger partial charge in [-0.25, -0.2) is 0 Å². The molecule has 0 spiro atoms. The van der Waals surface area contributed by atoms with Gasteiger partial charge in [0.25, 0.3) is 0 Å². The van der Waals surface area contributed by atoms with Crippen LogP contribution < -0.4 is 10.1 Å². The molecule has 2 aromatic carbocycles. The SMILES string of the molecule is CNC(CCCc1ccccc1)(Oc1cccc(O)c1)C1CC1. The van der Waals surface area contributed by atoms with Crippen molar-refractivity contribution in [3.8, 4) is 11.5 Å². The number of benzene rings is 2. The quantitative estimate of drug-likeness (QED) is 0.721. The van der Waals surface area contributed by atoms with Crippen molar-refractivity contribution in [2.75, 3.05) is 7.05 Å². The van der Waals surface area contributed by atoms with Gasteiger partial charge in [-0.2, -0.15) is 0 Å². The molecule has 1 aliphatic carbocycles. The molecule has 23 heavy (non-hydrogen) atoms. The molecule has 3 nitrogen and oxygen atoms in total. The highest BCUT2D eigenvalue weighted by atomic mass is 16.5. The Bertz CT molecular complexity index is 625. The first-order valence-electron chi connectivity index (χ1n) is 8.43. The first-order valence-corrected chi connectivity index (χ1v) is 8.43. The van der Waals surface area contributed by atoms with Gasteiger partial charge in [-0.05, 0) is 50.4 Å². The summed E-state index contributed by atoms with van der Waals surface area (Å²) in [6, 6.07) is 17.7. The fourth-order valence-electron chi connectivity index (χ4n) is 3.23. The Kier molecular flexibility index (Phi) is 4.87. The highest BCUT2D eigenvalue weighted by Crippen LogP contribution is 2.43. The summed E-state index contributed by atoms with van der Waals surface area (Å²) < 4.78 is 6.32. The van der Waals surface area contributed by atoms with E-state index in [1.807, 2.05) is 19.2 Å². The van der Waals surface area contributed by atoms with Gasteiger partial charge in [0, 0.05) is 18.4 Å². The molecule has 0 saturated heterocycles. The molecule has 0 radical (unpaired) electrons. The monoisotopic (exact) mass is 311 g/mol. The molecule has 1 unspecified atom stereocenters. The Morgan fingerprint density at radius 1 is 1.13 bits per heavy atom. The summed E-state index contributed by atoms with van der Waals surface area (Å²) in [6.07, 6.45) is 5.48. The lowest BCUT2D eigenvalue weighted by molar-refractivity contribution is 0.00740. The van der Waals surface area contributed by atoms with Crippen molar-refractivity contribution in [1.29, 1.82) is 0 Å². The molecule has 0 amide bonds. The van der Waals surface area contributed by atoms with Crippen LogP contribution >= 0.6 is 0 Å². The molecule has 1 saturated carbocycles. The van der Waals surface area contributed by atoms with E-state index < -0.39 is 0 Å². The van der Waals surface area contributed by atoms with E-state index in [0.29, 0.717) is 5.92 Å². The average Bonchev–Trinajstić information content (AvgIpc) is 3.40. The van der Waals surface area contributed by atoms with Gasteiger partial charge >= 0.3 is 0 Å². The van der Waals surface area contributed by atoms with Crippen molar-refractivity contribution >= 4 is 0 Å².